The van der Waals surface area contributed by atoms with Gasteiger partial charge in [0.05, 0.1) is 11.4 Å². The van der Waals surface area contributed by atoms with Crippen LogP contribution in [0.4, 0.5) is 0 Å². The average molecular weight is 355 g/mol. The van der Waals surface area contributed by atoms with Crippen LogP contribution in [0.15, 0.2) is 71.0 Å². The standard InChI is InChI=1S/C23H26BN3/c1-16(2)19-9-6-18(7-10-19)8-11-20-15-17(3)23(26-20)21(12-13-25)22-5-4-14-27(22)24/h4-11,14-16H,12-13,25H2,1-3H3/b11-8+,23-21-. The van der Waals surface area contributed by atoms with Gasteiger partial charge < -0.3 is 10.2 Å². The minimum Gasteiger partial charge on any atom is -0.403 e. The molecule has 2 N–H and O–H groups in total. The van der Waals surface area contributed by atoms with Gasteiger partial charge in [-0.3, -0.25) is 0 Å². The first-order chi connectivity index (χ1) is 13.0. The van der Waals surface area contributed by atoms with Crippen LogP contribution in [0.5, 0.6) is 0 Å². The molecule has 2 radical (unpaired) electrons. The van der Waals surface area contributed by atoms with Crippen molar-refractivity contribution in [1.82, 2.24) is 4.48 Å². The Hall–Kier alpha value is -2.59. The van der Waals surface area contributed by atoms with Crippen molar-refractivity contribution in [3.8, 4) is 0 Å². The lowest BCUT2D eigenvalue weighted by molar-refractivity contribution is 0.866. The molecule has 0 saturated heterocycles. The molecule has 1 aliphatic heterocycles. The van der Waals surface area contributed by atoms with E-state index in [-0.39, 0.29) is 0 Å². The average Bonchev–Trinajstić information content (AvgIpc) is 3.24. The minimum atomic E-state index is 0.544. The third kappa shape index (κ3) is 4.40. The zero-order valence-electron chi connectivity index (χ0n) is 16.3. The summed E-state index contributed by atoms with van der Waals surface area (Å²) in [7, 11) is 6.05. The number of aliphatic imine (C=N–C) groups is 1. The fourth-order valence-electron chi connectivity index (χ4n) is 3.27. The molecule has 1 aromatic carbocycles. The van der Waals surface area contributed by atoms with E-state index in [9.17, 15) is 0 Å². The van der Waals surface area contributed by atoms with E-state index in [0.29, 0.717) is 12.5 Å². The van der Waals surface area contributed by atoms with Crippen LogP contribution >= 0.6 is 0 Å². The van der Waals surface area contributed by atoms with Gasteiger partial charge in [-0.2, -0.15) is 0 Å². The third-order valence-electron chi connectivity index (χ3n) is 4.80. The van der Waals surface area contributed by atoms with Crippen LogP contribution in [0.2, 0.25) is 0 Å². The number of nitrogens with zero attached hydrogens (tertiary/aromatic N) is 2. The zero-order chi connectivity index (χ0) is 19.4. The molecule has 2 heterocycles. The molecular formula is C23H26BN3. The summed E-state index contributed by atoms with van der Waals surface area (Å²) < 4.78 is 1.63. The van der Waals surface area contributed by atoms with Crippen molar-refractivity contribution in [2.24, 2.45) is 10.7 Å². The highest BCUT2D eigenvalue weighted by molar-refractivity contribution is 6.11. The van der Waals surface area contributed by atoms with E-state index in [1.807, 2.05) is 18.3 Å². The highest BCUT2D eigenvalue weighted by Gasteiger charge is 2.16. The highest BCUT2D eigenvalue weighted by atomic mass is 14.9. The van der Waals surface area contributed by atoms with Crippen molar-refractivity contribution >= 4 is 25.3 Å². The normalized spacial score (nSPS) is 16.2. The molecule has 1 aromatic heterocycles. The summed E-state index contributed by atoms with van der Waals surface area (Å²) in [5, 5.41) is 0. The molecule has 2 aromatic rings. The van der Waals surface area contributed by atoms with Gasteiger partial charge in [0.1, 0.15) is 0 Å². The third-order valence-corrected chi connectivity index (χ3v) is 4.80. The monoisotopic (exact) mass is 355 g/mol. The number of allylic oxidation sites excluding steroid dienone is 3. The molecule has 0 saturated carbocycles. The number of benzene rings is 1. The lowest BCUT2D eigenvalue weighted by Crippen LogP contribution is -2.05. The molecule has 3 nitrogen and oxygen atoms in total. The van der Waals surface area contributed by atoms with Gasteiger partial charge in [-0.1, -0.05) is 44.2 Å². The molecule has 27 heavy (non-hydrogen) atoms. The molecule has 1 aliphatic rings. The summed E-state index contributed by atoms with van der Waals surface area (Å²) in [6.07, 6.45) is 8.84. The van der Waals surface area contributed by atoms with Crippen molar-refractivity contribution in [2.45, 2.75) is 33.1 Å². The topological polar surface area (TPSA) is 43.3 Å². The molecule has 136 valence electrons. The number of nitrogens with two attached hydrogens (primary N) is 1. The predicted octanol–water partition coefficient (Wildman–Crippen LogP) is 4.72. The van der Waals surface area contributed by atoms with Gasteiger partial charge >= 0.3 is 0 Å². The molecule has 0 bridgehead atoms. The van der Waals surface area contributed by atoms with Crippen LogP contribution in [-0.4, -0.2) is 24.7 Å². The van der Waals surface area contributed by atoms with E-state index in [2.05, 4.69) is 63.3 Å². The van der Waals surface area contributed by atoms with Crippen molar-refractivity contribution in [1.29, 1.82) is 0 Å². The minimum absolute atomic E-state index is 0.544. The van der Waals surface area contributed by atoms with Crippen molar-refractivity contribution in [3.05, 3.63) is 82.8 Å². The predicted molar refractivity (Wildman–Crippen MR) is 117 cm³/mol. The molecule has 0 amide bonds. The summed E-state index contributed by atoms with van der Waals surface area (Å²) in [5.41, 5.74) is 13.5. The summed E-state index contributed by atoms with van der Waals surface area (Å²) in [6.45, 7) is 7.05. The Morgan fingerprint density at radius 3 is 2.52 bits per heavy atom. The number of hydrogen-bond donors (Lipinski definition) is 1. The van der Waals surface area contributed by atoms with Crippen LogP contribution in [0.25, 0.3) is 11.6 Å². The van der Waals surface area contributed by atoms with E-state index in [0.717, 1.165) is 34.7 Å². The van der Waals surface area contributed by atoms with Gasteiger partial charge in [0.15, 0.2) is 0 Å². The second kappa shape index (κ2) is 8.40. The highest BCUT2D eigenvalue weighted by Crippen LogP contribution is 2.31. The maximum atomic E-state index is 6.05. The largest absolute Gasteiger partial charge is 0.403 e. The summed E-state index contributed by atoms with van der Waals surface area (Å²) in [6, 6.07) is 12.6. The molecule has 3 rings (SSSR count). The Kier molecular flexibility index (Phi) is 5.97. The quantitative estimate of drug-likeness (QED) is 0.749. The van der Waals surface area contributed by atoms with E-state index in [1.54, 1.807) is 4.48 Å². The van der Waals surface area contributed by atoms with Crippen molar-refractivity contribution in [2.75, 3.05) is 6.54 Å². The summed E-state index contributed by atoms with van der Waals surface area (Å²) in [4.78, 5) is 4.84. The Balaban J connectivity index is 1.88. The van der Waals surface area contributed by atoms with Crippen LogP contribution in [0.1, 0.15) is 49.9 Å². The number of aromatic nitrogens is 1. The lowest BCUT2D eigenvalue weighted by Gasteiger charge is -2.11. The van der Waals surface area contributed by atoms with Crippen molar-refractivity contribution in [3.63, 3.8) is 0 Å². The van der Waals surface area contributed by atoms with Gasteiger partial charge in [0.25, 0.3) is 0 Å². The Bertz CT molecular complexity index is 925. The van der Waals surface area contributed by atoms with Crippen LogP contribution in [-0.2, 0) is 0 Å². The second-order valence-electron chi connectivity index (χ2n) is 7.19. The van der Waals surface area contributed by atoms with E-state index < -0.39 is 0 Å². The Labute approximate surface area is 163 Å². The Morgan fingerprint density at radius 1 is 1.19 bits per heavy atom. The molecular weight excluding hydrogens is 329 g/mol. The van der Waals surface area contributed by atoms with Gasteiger partial charge in [-0.25, -0.2) is 4.99 Å². The molecule has 0 fully saturated rings. The Morgan fingerprint density at radius 2 is 1.93 bits per heavy atom. The first-order valence-electron chi connectivity index (χ1n) is 9.41. The molecule has 0 atom stereocenters. The van der Waals surface area contributed by atoms with Crippen LogP contribution in [0, 0.1) is 0 Å². The molecule has 0 aliphatic carbocycles. The van der Waals surface area contributed by atoms with Gasteiger partial charge in [0.2, 0.25) is 7.98 Å². The second-order valence-corrected chi connectivity index (χ2v) is 7.19. The summed E-state index contributed by atoms with van der Waals surface area (Å²) >= 11 is 0. The smallest absolute Gasteiger partial charge is 0.234 e. The maximum Gasteiger partial charge on any atom is 0.234 e. The van der Waals surface area contributed by atoms with Gasteiger partial charge in [-0.05, 0) is 73.0 Å². The number of rotatable bonds is 6. The first kappa shape index (κ1) is 19.2. The summed E-state index contributed by atoms with van der Waals surface area (Å²) in [5.74, 6) is 0.544. The van der Waals surface area contributed by atoms with Crippen LogP contribution < -0.4 is 5.73 Å². The van der Waals surface area contributed by atoms with E-state index in [1.165, 1.54) is 11.1 Å². The van der Waals surface area contributed by atoms with Crippen molar-refractivity contribution < 1.29 is 0 Å². The molecule has 0 unspecified atom stereocenters. The number of hydrogen-bond acceptors (Lipinski definition) is 2. The SMILES string of the molecule is [B]n1cccc1/C(CCN)=C1N=C(/C=C/c2ccc(C(C)C)cc2)C=C\1C. The van der Waals surface area contributed by atoms with E-state index >= 15 is 0 Å². The lowest BCUT2D eigenvalue weighted by atomic mass is 10.0. The first-order valence-corrected chi connectivity index (χ1v) is 9.41. The molecule has 0 spiro atoms. The van der Waals surface area contributed by atoms with Gasteiger partial charge in [0, 0.05) is 11.3 Å². The fraction of sp³-hybridized carbons (Fsp3) is 0.261. The maximum absolute atomic E-state index is 6.05. The molecule has 4 heteroatoms. The van der Waals surface area contributed by atoms with Gasteiger partial charge in [-0.15, -0.1) is 0 Å². The van der Waals surface area contributed by atoms with E-state index in [4.69, 9.17) is 18.7 Å². The zero-order valence-corrected chi connectivity index (χ0v) is 16.3. The fourth-order valence-corrected chi connectivity index (χ4v) is 3.27. The van der Waals surface area contributed by atoms with Crippen LogP contribution in [0.3, 0.4) is 0 Å².